The van der Waals surface area contributed by atoms with Crippen molar-refractivity contribution in [2.24, 2.45) is 0 Å². The predicted octanol–water partition coefficient (Wildman–Crippen LogP) is 1.98. The summed E-state index contributed by atoms with van der Waals surface area (Å²) in [4.78, 5) is 26.1. The van der Waals surface area contributed by atoms with E-state index in [0.717, 1.165) is 11.3 Å². The zero-order valence-corrected chi connectivity index (χ0v) is 11.8. The van der Waals surface area contributed by atoms with E-state index >= 15 is 0 Å². The van der Waals surface area contributed by atoms with Crippen LogP contribution < -0.4 is 5.32 Å². The summed E-state index contributed by atoms with van der Waals surface area (Å²) in [6.07, 6.45) is 0.481. The second-order valence-electron chi connectivity index (χ2n) is 4.56. The maximum absolute atomic E-state index is 12.0. The average Bonchev–Trinajstić information content (AvgIpc) is 3.15. The van der Waals surface area contributed by atoms with Gasteiger partial charge in [0.25, 0.3) is 5.91 Å². The molecular formula is C13H14N4O2S. The summed E-state index contributed by atoms with van der Waals surface area (Å²) < 4.78 is 0. The van der Waals surface area contributed by atoms with Crippen molar-refractivity contribution in [1.29, 1.82) is 0 Å². The van der Waals surface area contributed by atoms with E-state index in [1.807, 2.05) is 18.4 Å². The van der Waals surface area contributed by atoms with Gasteiger partial charge in [0.05, 0.1) is 23.7 Å². The van der Waals surface area contributed by atoms with Gasteiger partial charge >= 0.3 is 0 Å². The number of carbonyl (C=O) groups excluding carboxylic acids is 2. The highest BCUT2D eigenvalue weighted by Gasteiger charge is 2.28. The molecule has 20 heavy (non-hydrogen) atoms. The number of anilines is 1. The zero-order valence-electron chi connectivity index (χ0n) is 11.0. The predicted molar refractivity (Wildman–Crippen MR) is 75.4 cm³/mol. The third-order valence-electron chi connectivity index (χ3n) is 3.28. The van der Waals surface area contributed by atoms with Crippen LogP contribution in [0.2, 0.25) is 0 Å². The number of aromatic nitrogens is 2. The second-order valence-corrected chi connectivity index (χ2v) is 5.51. The van der Waals surface area contributed by atoms with Gasteiger partial charge in [-0.25, -0.2) is 0 Å². The molecule has 0 atom stereocenters. The standard InChI is InChI=1S/C13H14N4O2S/c1-2-11(18)17-6-8-9(7-17)15-16-12(8)14-13(19)10-4-3-5-20-10/h3-5H,2,6-7H2,1H3,(H2,14,15,16,19). The summed E-state index contributed by atoms with van der Waals surface area (Å²) in [5.74, 6) is 0.449. The molecule has 0 saturated heterocycles. The number of nitrogens with zero attached hydrogens (tertiary/aromatic N) is 2. The molecule has 0 bridgehead atoms. The minimum absolute atomic E-state index is 0.102. The van der Waals surface area contributed by atoms with Crippen LogP contribution in [0, 0.1) is 0 Å². The average molecular weight is 290 g/mol. The van der Waals surface area contributed by atoms with Gasteiger partial charge < -0.3 is 10.2 Å². The first-order valence-corrected chi connectivity index (χ1v) is 7.25. The Balaban J connectivity index is 1.75. The minimum atomic E-state index is -0.172. The van der Waals surface area contributed by atoms with Crippen molar-refractivity contribution < 1.29 is 9.59 Å². The summed E-state index contributed by atoms with van der Waals surface area (Å²) in [6, 6.07) is 3.59. The molecule has 1 aliphatic rings. The number of H-pyrrole nitrogens is 1. The molecule has 6 nitrogen and oxygen atoms in total. The molecule has 0 spiro atoms. The van der Waals surface area contributed by atoms with Crippen LogP contribution in [-0.4, -0.2) is 26.9 Å². The summed E-state index contributed by atoms with van der Waals surface area (Å²) in [6.45, 7) is 2.87. The lowest BCUT2D eigenvalue weighted by Gasteiger charge is -2.14. The van der Waals surface area contributed by atoms with Crippen molar-refractivity contribution in [3.05, 3.63) is 33.6 Å². The molecule has 2 N–H and O–H groups in total. The number of carbonyl (C=O) groups is 2. The number of nitrogens with one attached hydrogen (secondary N) is 2. The molecule has 0 fully saturated rings. The van der Waals surface area contributed by atoms with Crippen LogP contribution in [0.15, 0.2) is 17.5 Å². The maximum atomic E-state index is 12.0. The second kappa shape index (κ2) is 5.09. The van der Waals surface area contributed by atoms with Gasteiger partial charge in [0, 0.05) is 12.0 Å². The Hall–Kier alpha value is -2.15. The molecule has 3 heterocycles. The number of rotatable bonds is 3. The molecule has 104 valence electrons. The lowest BCUT2D eigenvalue weighted by molar-refractivity contribution is -0.131. The quantitative estimate of drug-likeness (QED) is 0.907. The number of thiophene rings is 1. The molecule has 2 aromatic rings. The van der Waals surface area contributed by atoms with E-state index in [4.69, 9.17) is 0 Å². The number of aromatic amines is 1. The first-order valence-electron chi connectivity index (χ1n) is 6.37. The molecule has 2 amide bonds. The summed E-state index contributed by atoms with van der Waals surface area (Å²) in [7, 11) is 0. The fraction of sp³-hybridized carbons (Fsp3) is 0.308. The van der Waals surface area contributed by atoms with E-state index in [9.17, 15) is 9.59 Å². The Morgan fingerprint density at radius 1 is 1.50 bits per heavy atom. The third kappa shape index (κ3) is 2.20. The van der Waals surface area contributed by atoms with Gasteiger partial charge in [-0.1, -0.05) is 13.0 Å². The van der Waals surface area contributed by atoms with Crippen LogP contribution in [0.4, 0.5) is 5.82 Å². The molecule has 0 aromatic carbocycles. The van der Waals surface area contributed by atoms with Gasteiger partial charge in [0.1, 0.15) is 0 Å². The largest absolute Gasteiger partial charge is 0.332 e. The van der Waals surface area contributed by atoms with Gasteiger partial charge in [0.15, 0.2) is 5.82 Å². The van der Waals surface area contributed by atoms with E-state index in [0.29, 0.717) is 30.2 Å². The minimum Gasteiger partial charge on any atom is -0.332 e. The fourth-order valence-corrected chi connectivity index (χ4v) is 2.84. The molecule has 0 radical (unpaired) electrons. The number of amides is 2. The van der Waals surface area contributed by atoms with Crippen LogP contribution in [0.25, 0.3) is 0 Å². The van der Waals surface area contributed by atoms with Gasteiger partial charge in [-0.05, 0) is 11.4 Å². The van der Waals surface area contributed by atoms with Crippen LogP contribution in [0.5, 0.6) is 0 Å². The first kappa shape index (κ1) is 12.9. The van der Waals surface area contributed by atoms with Crippen LogP contribution >= 0.6 is 11.3 Å². The third-order valence-corrected chi connectivity index (χ3v) is 4.15. The van der Waals surface area contributed by atoms with Gasteiger partial charge in [-0.2, -0.15) is 5.10 Å². The van der Waals surface area contributed by atoms with Gasteiger partial charge in [0.2, 0.25) is 5.91 Å². The summed E-state index contributed by atoms with van der Waals surface area (Å²) in [5.41, 5.74) is 1.80. The van der Waals surface area contributed by atoms with Crippen molar-refractivity contribution in [3.63, 3.8) is 0 Å². The highest BCUT2D eigenvalue weighted by atomic mass is 32.1. The zero-order chi connectivity index (χ0) is 14.1. The molecule has 0 saturated carbocycles. The van der Waals surface area contributed by atoms with E-state index < -0.39 is 0 Å². The molecule has 2 aromatic heterocycles. The van der Waals surface area contributed by atoms with E-state index in [-0.39, 0.29) is 11.8 Å². The van der Waals surface area contributed by atoms with Crippen LogP contribution in [0.1, 0.15) is 34.3 Å². The Kier molecular flexibility index (Phi) is 3.27. The number of hydrogen-bond donors (Lipinski definition) is 2. The van der Waals surface area contributed by atoms with E-state index in [1.54, 1.807) is 11.0 Å². The molecule has 0 unspecified atom stereocenters. The van der Waals surface area contributed by atoms with Crippen molar-refractivity contribution in [2.45, 2.75) is 26.4 Å². The SMILES string of the molecule is CCC(=O)N1Cc2[nH]nc(NC(=O)c3cccs3)c2C1. The van der Waals surface area contributed by atoms with Crippen molar-refractivity contribution in [3.8, 4) is 0 Å². The van der Waals surface area contributed by atoms with E-state index in [2.05, 4.69) is 15.5 Å². The van der Waals surface area contributed by atoms with Gasteiger partial charge in [-0.3, -0.25) is 14.7 Å². The number of hydrogen-bond acceptors (Lipinski definition) is 4. The Labute approximate surface area is 119 Å². The monoisotopic (exact) mass is 290 g/mol. The fourth-order valence-electron chi connectivity index (χ4n) is 2.22. The molecular weight excluding hydrogens is 276 g/mol. The topological polar surface area (TPSA) is 78.1 Å². The van der Waals surface area contributed by atoms with Crippen molar-refractivity contribution in [1.82, 2.24) is 15.1 Å². The van der Waals surface area contributed by atoms with Crippen molar-refractivity contribution >= 4 is 29.0 Å². The highest BCUT2D eigenvalue weighted by Crippen LogP contribution is 2.27. The van der Waals surface area contributed by atoms with E-state index in [1.165, 1.54) is 11.3 Å². The number of fused-ring (bicyclic) bond motifs is 1. The Morgan fingerprint density at radius 2 is 2.35 bits per heavy atom. The lowest BCUT2D eigenvalue weighted by atomic mass is 10.3. The molecule has 0 aliphatic carbocycles. The van der Waals surface area contributed by atoms with Gasteiger partial charge in [-0.15, -0.1) is 11.3 Å². The van der Waals surface area contributed by atoms with Crippen LogP contribution in [-0.2, 0) is 17.9 Å². The Bertz CT molecular complexity index is 647. The maximum Gasteiger partial charge on any atom is 0.266 e. The summed E-state index contributed by atoms with van der Waals surface area (Å²) in [5, 5.41) is 11.7. The Morgan fingerprint density at radius 3 is 3.05 bits per heavy atom. The smallest absolute Gasteiger partial charge is 0.266 e. The normalized spacial score (nSPS) is 13.3. The highest BCUT2D eigenvalue weighted by molar-refractivity contribution is 7.12. The molecule has 1 aliphatic heterocycles. The summed E-state index contributed by atoms with van der Waals surface area (Å²) >= 11 is 1.38. The van der Waals surface area contributed by atoms with Crippen LogP contribution in [0.3, 0.4) is 0 Å². The van der Waals surface area contributed by atoms with Crippen molar-refractivity contribution in [2.75, 3.05) is 5.32 Å². The first-order chi connectivity index (χ1) is 9.69. The molecule has 3 rings (SSSR count). The lowest BCUT2D eigenvalue weighted by Crippen LogP contribution is -2.24. The molecule has 7 heteroatoms.